The maximum Gasteiger partial charge on any atom is 0.230 e. The van der Waals surface area contributed by atoms with Gasteiger partial charge in [0.25, 0.3) is 0 Å². The number of nitrogens with zero attached hydrogens (tertiary/aromatic N) is 2. The van der Waals surface area contributed by atoms with Crippen LogP contribution in [0.4, 0.5) is 5.13 Å². The standard InChI is InChI=1S/C8H14N4OS2/c1-2-3-4-10-6(13)5-14-8-12-11-7(9)15-8/h2-5H2,1H3,(H2,9,11)(H,10,13). The molecule has 3 N–H and O–H groups in total. The minimum atomic E-state index is 0.0298. The highest BCUT2D eigenvalue weighted by atomic mass is 32.2. The van der Waals surface area contributed by atoms with E-state index in [0.717, 1.165) is 23.7 Å². The molecule has 1 aromatic rings. The van der Waals surface area contributed by atoms with Gasteiger partial charge in [-0.2, -0.15) is 0 Å². The lowest BCUT2D eigenvalue weighted by atomic mass is 10.3. The predicted molar refractivity (Wildman–Crippen MR) is 63.0 cm³/mol. The van der Waals surface area contributed by atoms with Crippen molar-refractivity contribution in [3.05, 3.63) is 0 Å². The Balaban J connectivity index is 2.16. The van der Waals surface area contributed by atoms with Crippen LogP contribution in [0.25, 0.3) is 0 Å². The van der Waals surface area contributed by atoms with E-state index in [-0.39, 0.29) is 5.91 Å². The number of anilines is 1. The molecule has 1 rings (SSSR count). The molecule has 0 saturated heterocycles. The second-order valence-electron chi connectivity index (χ2n) is 2.90. The molecule has 15 heavy (non-hydrogen) atoms. The fourth-order valence-electron chi connectivity index (χ4n) is 0.862. The van der Waals surface area contributed by atoms with E-state index in [0.29, 0.717) is 10.9 Å². The first-order chi connectivity index (χ1) is 7.22. The molecule has 0 aliphatic heterocycles. The number of carbonyl (C=O) groups excluding carboxylic acids is 1. The van der Waals surface area contributed by atoms with Crippen LogP contribution in [0, 0.1) is 0 Å². The van der Waals surface area contributed by atoms with E-state index in [1.54, 1.807) is 0 Å². The minimum Gasteiger partial charge on any atom is -0.374 e. The lowest BCUT2D eigenvalue weighted by Crippen LogP contribution is -2.25. The topological polar surface area (TPSA) is 80.9 Å². The fourth-order valence-corrected chi connectivity index (χ4v) is 2.33. The highest BCUT2D eigenvalue weighted by Crippen LogP contribution is 2.22. The van der Waals surface area contributed by atoms with Crippen LogP contribution >= 0.6 is 23.1 Å². The van der Waals surface area contributed by atoms with E-state index >= 15 is 0 Å². The maximum atomic E-state index is 11.3. The van der Waals surface area contributed by atoms with Crippen molar-refractivity contribution in [3.63, 3.8) is 0 Å². The molecule has 0 fully saturated rings. The first-order valence-corrected chi connectivity index (χ1v) is 6.51. The van der Waals surface area contributed by atoms with Gasteiger partial charge in [-0.3, -0.25) is 4.79 Å². The Bertz CT molecular complexity index is 315. The number of amides is 1. The van der Waals surface area contributed by atoms with Gasteiger partial charge in [0.15, 0.2) is 4.34 Å². The number of rotatable bonds is 6. The van der Waals surface area contributed by atoms with Crippen LogP contribution in [-0.4, -0.2) is 28.4 Å². The number of nitrogens with one attached hydrogen (secondary N) is 1. The summed E-state index contributed by atoms with van der Waals surface area (Å²) in [6.45, 7) is 2.83. The van der Waals surface area contributed by atoms with Crippen molar-refractivity contribution in [1.29, 1.82) is 0 Å². The molecule has 1 aromatic heterocycles. The zero-order valence-electron chi connectivity index (χ0n) is 8.52. The van der Waals surface area contributed by atoms with Gasteiger partial charge in [0.05, 0.1) is 5.75 Å². The van der Waals surface area contributed by atoms with E-state index in [4.69, 9.17) is 5.73 Å². The molecule has 1 heterocycles. The summed E-state index contributed by atoms with van der Waals surface area (Å²) in [7, 11) is 0. The average Bonchev–Trinajstić information content (AvgIpc) is 2.62. The van der Waals surface area contributed by atoms with Gasteiger partial charge in [0.2, 0.25) is 11.0 Å². The van der Waals surface area contributed by atoms with Crippen molar-refractivity contribution < 1.29 is 4.79 Å². The highest BCUT2D eigenvalue weighted by molar-refractivity contribution is 8.01. The number of carbonyl (C=O) groups is 1. The van der Waals surface area contributed by atoms with Crippen molar-refractivity contribution in [2.45, 2.75) is 24.1 Å². The molecular weight excluding hydrogens is 232 g/mol. The summed E-state index contributed by atoms with van der Waals surface area (Å²) < 4.78 is 0.734. The molecule has 0 aliphatic rings. The molecule has 0 unspecified atom stereocenters. The zero-order valence-corrected chi connectivity index (χ0v) is 10.2. The third-order valence-corrected chi connectivity index (χ3v) is 3.49. The summed E-state index contributed by atoms with van der Waals surface area (Å²) >= 11 is 2.66. The zero-order chi connectivity index (χ0) is 11.1. The summed E-state index contributed by atoms with van der Waals surface area (Å²) in [4.78, 5) is 11.3. The molecule has 84 valence electrons. The quantitative estimate of drug-likeness (QED) is 0.581. The summed E-state index contributed by atoms with van der Waals surface area (Å²) in [6, 6.07) is 0. The van der Waals surface area contributed by atoms with Crippen LogP contribution in [0.5, 0.6) is 0 Å². The van der Waals surface area contributed by atoms with Gasteiger partial charge in [0.1, 0.15) is 0 Å². The SMILES string of the molecule is CCCCNC(=O)CSc1nnc(N)s1. The largest absolute Gasteiger partial charge is 0.374 e. The number of aromatic nitrogens is 2. The van der Waals surface area contributed by atoms with Crippen molar-refractivity contribution in [2.75, 3.05) is 18.0 Å². The second-order valence-corrected chi connectivity index (χ2v) is 5.13. The molecule has 0 spiro atoms. The van der Waals surface area contributed by atoms with Gasteiger partial charge < -0.3 is 11.1 Å². The molecular formula is C8H14N4OS2. The number of unbranched alkanes of at least 4 members (excludes halogenated alkanes) is 1. The van der Waals surface area contributed by atoms with Gasteiger partial charge in [-0.15, -0.1) is 10.2 Å². The lowest BCUT2D eigenvalue weighted by Gasteiger charge is -2.01. The third kappa shape index (κ3) is 4.98. The van der Waals surface area contributed by atoms with Crippen molar-refractivity contribution >= 4 is 34.1 Å². The van der Waals surface area contributed by atoms with E-state index in [1.807, 2.05) is 0 Å². The Hall–Kier alpha value is -0.820. The van der Waals surface area contributed by atoms with Crippen LogP contribution in [-0.2, 0) is 4.79 Å². The summed E-state index contributed by atoms with van der Waals surface area (Å²) in [6.07, 6.45) is 2.10. The van der Waals surface area contributed by atoms with E-state index < -0.39 is 0 Å². The average molecular weight is 246 g/mol. The molecule has 0 radical (unpaired) electrons. The van der Waals surface area contributed by atoms with Crippen molar-refractivity contribution in [1.82, 2.24) is 15.5 Å². The number of hydrogen-bond donors (Lipinski definition) is 2. The van der Waals surface area contributed by atoms with E-state index in [2.05, 4.69) is 22.4 Å². The summed E-state index contributed by atoms with van der Waals surface area (Å²) in [5.74, 6) is 0.403. The van der Waals surface area contributed by atoms with Gasteiger partial charge >= 0.3 is 0 Å². The summed E-state index contributed by atoms with van der Waals surface area (Å²) in [5.41, 5.74) is 5.41. The molecule has 5 nitrogen and oxygen atoms in total. The fraction of sp³-hybridized carbons (Fsp3) is 0.625. The van der Waals surface area contributed by atoms with E-state index in [1.165, 1.54) is 23.1 Å². The Morgan fingerprint density at radius 1 is 1.60 bits per heavy atom. The Morgan fingerprint density at radius 2 is 2.40 bits per heavy atom. The van der Waals surface area contributed by atoms with Crippen LogP contribution in [0.1, 0.15) is 19.8 Å². The number of nitrogen functional groups attached to an aromatic ring is 1. The van der Waals surface area contributed by atoms with Crippen LogP contribution in [0.2, 0.25) is 0 Å². The highest BCUT2D eigenvalue weighted by Gasteiger charge is 2.05. The smallest absolute Gasteiger partial charge is 0.230 e. The van der Waals surface area contributed by atoms with Gasteiger partial charge in [-0.1, -0.05) is 36.4 Å². The number of nitrogens with two attached hydrogens (primary N) is 1. The lowest BCUT2D eigenvalue weighted by molar-refractivity contribution is -0.118. The van der Waals surface area contributed by atoms with E-state index in [9.17, 15) is 4.79 Å². The molecule has 0 aliphatic carbocycles. The third-order valence-electron chi connectivity index (χ3n) is 1.60. The first kappa shape index (κ1) is 12.3. The molecule has 0 atom stereocenters. The molecule has 7 heteroatoms. The molecule has 0 saturated carbocycles. The molecule has 0 aromatic carbocycles. The van der Waals surface area contributed by atoms with Gasteiger partial charge in [0, 0.05) is 6.54 Å². The Labute approximate surface area is 96.8 Å². The van der Waals surface area contributed by atoms with Crippen LogP contribution in [0.3, 0.4) is 0 Å². The second kappa shape index (κ2) is 6.62. The van der Waals surface area contributed by atoms with Crippen LogP contribution < -0.4 is 11.1 Å². The number of hydrogen-bond acceptors (Lipinski definition) is 6. The summed E-state index contributed by atoms with van der Waals surface area (Å²) in [5, 5.41) is 10.7. The van der Waals surface area contributed by atoms with Crippen LogP contribution in [0.15, 0.2) is 4.34 Å². The minimum absolute atomic E-state index is 0.0298. The van der Waals surface area contributed by atoms with Crippen molar-refractivity contribution in [3.8, 4) is 0 Å². The van der Waals surface area contributed by atoms with Gasteiger partial charge in [-0.05, 0) is 6.42 Å². The first-order valence-electron chi connectivity index (χ1n) is 4.71. The predicted octanol–water partition coefficient (Wildman–Crippen LogP) is 1.13. The Kier molecular flexibility index (Phi) is 5.41. The molecule has 0 bridgehead atoms. The Morgan fingerprint density at radius 3 is 3.00 bits per heavy atom. The molecule has 1 amide bonds. The maximum absolute atomic E-state index is 11.3. The van der Waals surface area contributed by atoms with Crippen molar-refractivity contribution in [2.24, 2.45) is 0 Å². The van der Waals surface area contributed by atoms with Gasteiger partial charge in [-0.25, -0.2) is 0 Å². The number of thioether (sulfide) groups is 1. The normalized spacial score (nSPS) is 10.2. The monoisotopic (exact) mass is 246 g/mol.